The van der Waals surface area contributed by atoms with Gasteiger partial charge in [0.15, 0.2) is 0 Å². The van der Waals surface area contributed by atoms with Crippen LogP contribution in [0, 0.1) is 20.8 Å². The third-order valence-electron chi connectivity index (χ3n) is 5.12. The highest BCUT2D eigenvalue weighted by Crippen LogP contribution is 2.33. The topological polar surface area (TPSA) is 63.4 Å². The number of benzene rings is 1. The first-order chi connectivity index (χ1) is 12.9. The largest absolute Gasteiger partial charge is 0.507 e. The predicted octanol–water partition coefficient (Wildman–Crippen LogP) is 1.50. The lowest BCUT2D eigenvalue weighted by Gasteiger charge is -2.21. The standard InChI is InChI=1S/C12H13N3O2.C9H12O/c16-9-7-8(13-1-2-13)12(17)11(15-5-6-15)10(9)14-3-4-14;1-6-4-7(2)9(10)8(3)5-6/h7H,1-6H2;4-5,10H,1-3H3. The highest BCUT2D eigenvalue weighted by Gasteiger charge is 2.43. The molecule has 1 aromatic carbocycles. The molecule has 1 aliphatic carbocycles. The number of allylic oxidation sites excluding steroid dienone is 1. The number of carbonyl (C=O) groups is 2. The van der Waals surface area contributed by atoms with Gasteiger partial charge in [-0.3, -0.25) is 9.59 Å². The number of hydrogen-bond donors (Lipinski definition) is 1. The molecule has 0 saturated carbocycles. The molecule has 0 atom stereocenters. The average molecular weight is 367 g/mol. The van der Waals surface area contributed by atoms with Gasteiger partial charge in [0.25, 0.3) is 0 Å². The smallest absolute Gasteiger partial charge is 0.227 e. The van der Waals surface area contributed by atoms with Gasteiger partial charge >= 0.3 is 0 Å². The molecule has 3 aliphatic heterocycles. The van der Waals surface area contributed by atoms with Crippen molar-refractivity contribution in [2.24, 2.45) is 0 Å². The van der Waals surface area contributed by atoms with Crippen LogP contribution in [0.15, 0.2) is 35.3 Å². The number of phenols is 1. The fourth-order valence-corrected chi connectivity index (χ4v) is 3.45. The number of phenolic OH excluding ortho intramolecular Hbond substituents is 1. The molecule has 0 spiro atoms. The Kier molecular flexibility index (Phi) is 4.21. The number of Topliss-reactive ketones (excluding diaryl/α,β-unsaturated/α-hetero) is 1. The second kappa shape index (κ2) is 6.44. The summed E-state index contributed by atoms with van der Waals surface area (Å²) in [5, 5.41) is 9.33. The number of rotatable bonds is 3. The van der Waals surface area contributed by atoms with Crippen molar-refractivity contribution in [1.82, 2.24) is 14.7 Å². The molecule has 0 unspecified atom stereocenters. The van der Waals surface area contributed by atoms with E-state index < -0.39 is 0 Å². The summed E-state index contributed by atoms with van der Waals surface area (Å²) in [4.78, 5) is 30.5. The predicted molar refractivity (Wildman–Crippen MR) is 102 cm³/mol. The zero-order chi connectivity index (χ0) is 19.3. The third-order valence-corrected chi connectivity index (χ3v) is 5.12. The molecule has 0 radical (unpaired) electrons. The average Bonchev–Trinajstić information content (AvgIpc) is 3.48. The number of nitrogens with zero attached hydrogens (tertiary/aromatic N) is 3. The third kappa shape index (κ3) is 3.56. The summed E-state index contributed by atoms with van der Waals surface area (Å²) < 4.78 is 0. The van der Waals surface area contributed by atoms with Gasteiger partial charge in [0.2, 0.25) is 11.6 Å². The summed E-state index contributed by atoms with van der Waals surface area (Å²) in [6.07, 6.45) is 1.52. The molecule has 3 fully saturated rings. The zero-order valence-corrected chi connectivity index (χ0v) is 16.1. The SMILES string of the molecule is Cc1cc(C)c(O)c(C)c1.O=C1C=C(N2CC2)C(=O)C(N2CC2)=C1N1CC1. The van der Waals surface area contributed by atoms with Gasteiger partial charge in [0, 0.05) is 45.3 Å². The Morgan fingerprint density at radius 2 is 1.26 bits per heavy atom. The number of ketones is 2. The van der Waals surface area contributed by atoms with E-state index in [9.17, 15) is 14.7 Å². The van der Waals surface area contributed by atoms with Crippen LogP contribution < -0.4 is 0 Å². The Morgan fingerprint density at radius 3 is 1.74 bits per heavy atom. The van der Waals surface area contributed by atoms with Gasteiger partial charge in [-0.15, -0.1) is 0 Å². The van der Waals surface area contributed by atoms with E-state index in [2.05, 4.69) is 0 Å². The maximum atomic E-state index is 12.4. The first-order valence-electron chi connectivity index (χ1n) is 9.43. The van der Waals surface area contributed by atoms with Crippen LogP contribution >= 0.6 is 0 Å². The quantitative estimate of drug-likeness (QED) is 0.645. The second-order valence-electron chi connectivity index (χ2n) is 7.63. The lowest BCUT2D eigenvalue weighted by molar-refractivity contribution is -0.117. The Balaban J connectivity index is 0.000000155. The van der Waals surface area contributed by atoms with Crippen LogP contribution in [0.25, 0.3) is 0 Å². The molecule has 5 rings (SSSR count). The molecule has 1 N–H and O–H groups in total. The minimum Gasteiger partial charge on any atom is -0.507 e. The van der Waals surface area contributed by atoms with Crippen LogP contribution in [0.4, 0.5) is 0 Å². The fraction of sp³-hybridized carbons (Fsp3) is 0.429. The fourth-order valence-electron chi connectivity index (χ4n) is 3.45. The maximum absolute atomic E-state index is 12.4. The van der Waals surface area contributed by atoms with Gasteiger partial charge < -0.3 is 19.8 Å². The van der Waals surface area contributed by atoms with Crippen LogP contribution in [-0.2, 0) is 9.59 Å². The van der Waals surface area contributed by atoms with Crippen molar-refractivity contribution in [2.45, 2.75) is 20.8 Å². The van der Waals surface area contributed by atoms with Crippen molar-refractivity contribution >= 4 is 11.6 Å². The normalized spacial score (nSPS) is 20.4. The highest BCUT2D eigenvalue weighted by atomic mass is 16.3. The molecule has 6 nitrogen and oxygen atoms in total. The van der Waals surface area contributed by atoms with Crippen molar-refractivity contribution in [3.63, 3.8) is 0 Å². The van der Waals surface area contributed by atoms with Crippen LogP contribution in [-0.4, -0.2) is 70.6 Å². The molecule has 0 amide bonds. The Morgan fingerprint density at radius 1 is 0.778 bits per heavy atom. The van der Waals surface area contributed by atoms with Crippen molar-refractivity contribution in [3.8, 4) is 5.75 Å². The van der Waals surface area contributed by atoms with E-state index in [1.807, 2.05) is 47.6 Å². The van der Waals surface area contributed by atoms with E-state index in [1.54, 1.807) is 0 Å². The van der Waals surface area contributed by atoms with Crippen LogP contribution in [0.2, 0.25) is 0 Å². The second-order valence-corrected chi connectivity index (χ2v) is 7.63. The van der Waals surface area contributed by atoms with Crippen molar-refractivity contribution < 1.29 is 14.7 Å². The van der Waals surface area contributed by atoms with Gasteiger partial charge in [-0.05, 0) is 31.9 Å². The number of carbonyl (C=O) groups excluding carboxylic acids is 2. The van der Waals surface area contributed by atoms with E-state index in [0.29, 0.717) is 22.8 Å². The molecule has 1 aromatic rings. The number of aryl methyl sites for hydroxylation is 3. The van der Waals surface area contributed by atoms with E-state index in [1.165, 1.54) is 11.6 Å². The van der Waals surface area contributed by atoms with Crippen molar-refractivity contribution in [1.29, 1.82) is 0 Å². The van der Waals surface area contributed by atoms with Gasteiger partial charge in [-0.1, -0.05) is 17.7 Å². The zero-order valence-electron chi connectivity index (χ0n) is 16.1. The van der Waals surface area contributed by atoms with E-state index in [0.717, 1.165) is 50.4 Å². The summed E-state index contributed by atoms with van der Waals surface area (Å²) in [7, 11) is 0. The summed E-state index contributed by atoms with van der Waals surface area (Å²) in [6, 6.07) is 3.95. The molecule has 0 bridgehead atoms. The summed E-state index contributed by atoms with van der Waals surface area (Å²) in [6.45, 7) is 11.3. The van der Waals surface area contributed by atoms with Gasteiger partial charge in [-0.25, -0.2) is 0 Å². The lowest BCUT2D eigenvalue weighted by Crippen LogP contribution is -2.29. The molecule has 6 heteroatoms. The Labute approximate surface area is 159 Å². The Bertz CT molecular complexity index is 865. The van der Waals surface area contributed by atoms with E-state index in [-0.39, 0.29) is 11.6 Å². The van der Waals surface area contributed by atoms with Crippen LogP contribution in [0.1, 0.15) is 16.7 Å². The molecule has 3 heterocycles. The monoisotopic (exact) mass is 367 g/mol. The van der Waals surface area contributed by atoms with Crippen LogP contribution in [0.5, 0.6) is 5.75 Å². The molecule has 4 aliphatic rings. The minimum absolute atomic E-state index is 0.00546. The van der Waals surface area contributed by atoms with Crippen LogP contribution in [0.3, 0.4) is 0 Å². The van der Waals surface area contributed by atoms with E-state index >= 15 is 0 Å². The number of hydrogen-bond acceptors (Lipinski definition) is 6. The first kappa shape index (κ1) is 17.6. The molecular formula is C21H25N3O3. The molecule has 0 aromatic heterocycles. The lowest BCUT2D eigenvalue weighted by atomic mass is 10.0. The van der Waals surface area contributed by atoms with Crippen molar-refractivity contribution in [3.05, 3.63) is 52.0 Å². The molecule has 27 heavy (non-hydrogen) atoms. The molecule has 142 valence electrons. The van der Waals surface area contributed by atoms with Crippen molar-refractivity contribution in [2.75, 3.05) is 39.3 Å². The molecule has 3 saturated heterocycles. The maximum Gasteiger partial charge on any atom is 0.227 e. The summed E-state index contributed by atoms with van der Waals surface area (Å²) >= 11 is 0. The Hall–Kier alpha value is -2.76. The van der Waals surface area contributed by atoms with Gasteiger partial charge in [-0.2, -0.15) is 0 Å². The number of aromatic hydroxyl groups is 1. The summed E-state index contributed by atoms with van der Waals surface area (Å²) in [5.74, 6) is 0.470. The van der Waals surface area contributed by atoms with Gasteiger partial charge in [0.1, 0.15) is 17.1 Å². The summed E-state index contributed by atoms with van der Waals surface area (Å²) in [5.41, 5.74) is 5.00. The minimum atomic E-state index is 0.00546. The molecular weight excluding hydrogens is 342 g/mol. The van der Waals surface area contributed by atoms with Gasteiger partial charge in [0.05, 0.1) is 5.70 Å². The first-order valence-corrected chi connectivity index (χ1v) is 9.43. The van der Waals surface area contributed by atoms with E-state index in [4.69, 9.17) is 0 Å². The highest BCUT2D eigenvalue weighted by molar-refractivity contribution is 6.22.